The van der Waals surface area contributed by atoms with Gasteiger partial charge in [0.1, 0.15) is 0 Å². The number of carbonyl (C=O) groups is 1. The Labute approximate surface area is 118 Å². The van der Waals surface area contributed by atoms with Crippen molar-refractivity contribution in [3.63, 3.8) is 0 Å². The number of hydrogen-bond acceptors (Lipinski definition) is 3. The van der Waals surface area contributed by atoms with Gasteiger partial charge in [0.15, 0.2) is 0 Å². The van der Waals surface area contributed by atoms with Crippen LogP contribution in [0.25, 0.3) is 0 Å². The fraction of sp³-hybridized carbons (Fsp3) is 0.0833. The molecule has 0 aliphatic heterocycles. The molecule has 0 unspecified atom stereocenters. The molecule has 1 N–H and O–H groups in total. The number of halogens is 2. The van der Waals surface area contributed by atoms with Gasteiger partial charge in [-0.2, -0.15) is 10.2 Å². The number of carbonyl (C=O) groups excluding carboxylic acids is 1. The van der Waals surface area contributed by atoms with Crippen molar-refractivity contribution in [3.8, 4) is 0 Å². The van der Waals surface area contributed by atoms with Gasteiger partial charge in [0, 0.05) is 10.7 Å². The van der Waals surface area contributed by atoms with E-state index in [-0.39, 0.29) is 5.91 Å². The highest BCUT2D eigenvalue weighted by Gasteiger charge is 2.10. The molecule has 1 amide bonds. The first-order chi connectivity index (χ1) is 8.66. The van der Waals surface area contributed by atoms with Crippen molar-refractivity contribution >= 4 is 33.4 Å². The van der Waals surface area contributed by atoms with Crippen LogP contribution < -0.4 is 5.32 Å². The average molecular weight is 327 g/mol. The van der Waals surface area contributed by atoms with Crippen molar-refractivity contribution in [2.75, 3.05) is 0 Å². The molecule has 0 spiro atoms. The van der Waals surface area contributed by atoms with E-state index in [2.05, 4.69) is 31.4 Å². The summed E-state index contributed by atoms with van der Waals surface area (Å²) in [7, 11) is 0. The maximum absolute atomic E-state index is 11.9. The molecule has 4 nitrogen and oxygen atoms in total. The molecule has 0 atom stereocenters. The van der Waals surface area contributed by atoms with Crippen molar-refractivity contribution in [1.29, 1.82) is 0 Å². The molecule has 6 heteroatoms. The predicted octanol–water partition coefficient (Wildman–Crippen LogP) is 2.82. The molecule has 0 saturated heterocycles. The number of nitrogens with one attached hydrogen (secondary N) is 1. The zero-order chi connectivity index (χ0) is 13.0. The molecule has 92 valence electrons. The highest BCUT2D eigenvalue weighted by molar-refractivity contribution is 9.10. The largest absolute Gasteiger partial charge is 0.346 e. The second-order valence-corrected chi connectivity index (χ2v) is 4.84. The van der Waals surface area contributed by atoms with Gasteiger partial charge in [0.25, 0.3) is 5.91 Å². The zero-order valence-electron chi connectivity index (χ0n) is 9.23. The van der Waals surface area contributed by atoms with Crippen molar-refractivity contribution in [2.24, 2.45) is 0 Å². The Bertz CT molecular complexity index is 563. The number of nitrogens with zero attached hydrogens (tertiary/aromatic N) is 2. The summed E-state index contributed by atoms with van der Waals surface area (Å²) < 4.78 is 0.802. The quantitative estimate of drug-likeness (QED) is 0.943. The summed E-state index contributed by atoms with van der Waals surface area (Å²) in [5.74, 6) is -0.244. The van der Waals surface area contributed by atoms with Gasteiger partial charge in [-0.1, -0.05) is 27.5 Å². The van der Waals surface area contributed by atoms with Gasteiger partial charge in [-0.25, -0.2) is 0 Å². The van der Waals surface area contributed by atoms with Gasteiger partial charge in [-0.3, -0.25) is 4.79 Å². The molecule has 0 saturated carbocycles. The van der Waals surface area contributed by atoms with E-state index in [4.69, 9.17) is 11.6 Å². The molecule has 0 aliphatic carbocycles. The average Bonchev–Trinajstić information content (AvgIpc) is 2.40. The van der Waals surface area contributed by atoms with E-state index in [9.17, 15) is 4.79 Å². The first kappa shape index (κ1) is 13.0. The van der Waals surface area contributed by atoms with Crippen LogP contribution in [0.1, 0.15) is 16.1 Å². The summed E-state index contributed by atoms with van der Waals surface area (Å²) in [4.78, 5) is 11.9. The third kappa shape index (κ3) is 3.27. The minimum absolute atomic E-state index is 0.244. The van der Waals surface area contributed by atoms with Crippen LogP contribution >= 0.6 is 27.5 Å². The van der Waals surface area contributed by atoms with Crippen molar-refractivity contribution in [2.45, 2.75) is 6.54 Å². The van der Waals surface area contributed by atoms with E-state index in [0.717, 1.165) is 4.47 Å². The highest BCUT2D eigenvalue weighted by Crippen LogP contribution is 2.20. The molecular formula is C12H9BrClN3O. The maximum Gasteiger partial charge on any atom is 0.253 e. The van der Waals surface area contributed by atoms with E-state index in [1.165, 1.54) is 0 Å². The SMILES string of the molecule is O=C(NCc1cccnn1)c1cc(Br)ccc1Cl. The van der Waals surface area contributed by atoms with Crippen LogP contribution in [-0.2, 0) is 6.54 Å². The Kier molecular flexibility index (Phi) is 4.28. The van der Waals surface area contributed by atoms with Gasteiger partial charge in [-0.15, -0.1) is 0 Å². The molecule has 2 aromatic rings. The summed E-state index contributed by atoms with van der Waals surface area (Å²) in [5, 5.41) is 10.8. The molecule has 0 radical (unpaired) electrons. The lowest BCUT2D eigenvalue weighted by Gasteiger charge is -2.06. The highest BCUT2D eigenvalue weighted by atomic mass is 79.9. The Morgan fingerprint density at radius 1 is 1.39 bits per heavy atom. The minimum atomic E-state index is -0.244. The van der Waals surface area contributed by atoms with Gasteiger partial charge < -0.3 is 5.32 Å². The Hall–Kier alpha value is -1.46. The summed E-state index contributed by atoms with van der Waals surface area (Å²) in [6.07, 6.45) is 1.58. The predicted molar refractivity (Wildman–Crippen MR) is 72.4 cm³/mol. The Morgan fingerprint density at radius 2 is 2.22 bits per heavy atom. The topological polar surface area (TPSA) is 54.9 Å². The summed E-state index contributed by atoms with van der Waals surface area (Å²) in [6.45, 7) is 0.315. The number of amides is 1. The maximum atomic E-state index is 11.9. The molecule has 1 heterocycles. The number of benzene rings is 1. The first-order valence-electron chi connectivity index (χ1n) is 5.16. The molecule has 1 aromatic carbocycles. The number of hydrogen-bond donors (Lipinski definition) is 1. The van der Waals surface area contributed by atoms with Gasteiger partial charge in [0.2, 0.25) is 0 Å². The lowest BCUT2D eigenvalue weighted by molar-refractivity contribution is 0.0950. The smallest absolute Gasteiger partial charge is 0.253 e. The zero-order valence-corrected chi connectivity index (χ0v) is 11.6. The first-order valence-corrected chi connectivity index (χ1v) is 6.34. The lowest BCUT2D eigenvalue weighted by atomic mass is 10.2. The Balaban J connectivity index is 2.06. The molecule has 0 bridgehead atoms. The van der Waals surface area contributed by atoms with Crippen molar-refractivity contribution in [1.82, 2.24) is 15.5 Å². The van der Waals surface area contributed by atoms with Crippen LogP contribution in [0, 0.1) is 0 Å². The van der Waals surface area contributed by atoms with Crippen LogP contribution in [0.5, 0.6) is 0 Å². The van der Waals surface area contributed by atoms with Crippen molar-refractivity contribution in [3.05, 3.63) is 57.3 Å². The normalized spacial score (nSPS) is 10.1. The molecule has 1 aromatic heterocycles. The van der Waals surface area contributed by atoms with Crippen LogP contribution in [0.2, 0.25) is 5.02 Å². The fourth-order valence-corrected chi connectivity index (χ4v) is 1.93. The molecule has 0 aliphatic rings. The van der Waals surface area contributed by atoms with E-state index in [1.54, 1.807) is 36.5 Å². The third-order valence-corrected chi connectivity index (χ3v) is 3.05. The lowest BCUT2D eigenvalue weighted by Crippen LogP contribution is -2.23. The third-order valence-electron chi connectivity index (χ3n) is 2.23. The molecular weight excluding hydrogens is 318 g/mol. The van der Waals surface area contributed by atoms with Crippen LogP contribution in [0.4, 0.5) is 0 Å². The second-order valence-electron chi connectivity index (χ2n) is 3.52. The fourth-order valence-electron chi connectivity index (χ4n) is 1.37. The van der Waals surface area contributed by atoms with E-state index < -0.39 is 0 Å². The van der Waals surface area contributed by atoms with Gasteiger partial charge in [-0.05, 0) is 30.3 Å². The van der Waals surface area contributed by atoms with Crippen LogP contribution in [0.3, 0.4) is 0 Å². The number of aromatic nitrogens is 2. The second kappa shape index (κ2) is 5.93. The summed E-state index contributed by atoms with van der Waals surface area (Å²) in [5.41, 5.74) is 1.12. The summed E-state index contributed by atoms with van der Waals surface area (Å²) >= 11 is 9.26. The Morgan fingerprint density at radius 3 is 2.94 bits per heavy atom. The monoisotopic (exact) mass is 325 g/mol. The van der Waals surface area contributed by atoms with Gasteiger partial charge >= 0.3 is 0 Å². The standard InChI is InChI=1S/C12H9BrClN3O/c13-8-3-4-11(14)10(6-8)12(18)15-7-9-2-1-5-16-17-9/h1-6H,7H2,(H,15,18). The van der Waals surface area contributed by atoms with Crippen LogP contribution in [-0.4, -0.2) is 16.1 Å². The van der Waals surface area contributed by atoms with E-state index in [0.29, 0.717) is 22.8 Å². The van der Waals surface area contributed by atoms with Crippen LogP contribution in [0.15, 0.2) is 41.0 Å². The van der Waals surface area contributed by atoms with Crippen molar-refractivity contribution < 1.29 is 4.79 Å². The van der Waals surface area contributed by atoms with E-state index in [1.807, 2.05) is 0 Å². The van der Waals surface area contributed by atoms with E-state index >= 15 is 0 Å². The van der Waals surface area contributed by atoms with Gasteiger partial charge in [0.05, 0.1) is 22.8 Å². The molecule has 2 rings (SSSR count). The number of rotatable bonds is 3. The molecule has 18 heavy (non-hydrogen) atoms. The molecule has 0 fully saturated rings. The minimum Gasteiger partial charge on any atom is -0.346 e. The summed E-state index contributed by atoms with van der Waals surface area (Å²) in [6, 6.07) is 8.68.